The molecule has 0 radical (unpaired) electrons. The van der Waals surface area contributed by atoms with E-state index in [0.29, 0.717) is 17.7 Å². The Bertz CT molecular complexity index is 849. The van der Waals surface area contributed by atoms with Crippen LogP contribution in [0, 0.1) is 0 Å². The number of rotatable bonds is 2. The van der Waals surface area contributed by atoms with Crippen LogP contribution in [0.2, 0.25) is 0 Å². The summed E-state index contributed by atoms with van der Waals surface area (Å²) in [6, 6.07) is 15.2. The maximum absolute atomic E-state index is 12.8. The van der Waals surface area contributed by atoms with Gasteiger partial charge >= 0.3 is 0 Å². The van der Waals surface area contributed by atoms with Gasteiger partial charge < -0.3 is 4.74 Å². The van der Waals surface area contributed by atoms with Crippen LogP contribution in [0.1, 0.15) is 21.5 Å². The molecule has 0 N–H and O–H groups in total. The van der Waals surface area contributed by atoms with Crippen LogP contribution in [-0.4, -0.2) is 17.4 Å². The van der Waals surface area contributed by atoms with Crippen molar-refractivity contribution in [2.24, 2.45) is 0 Å². The molecule has 0 aliphatic carbocycles. The van der Waals surface area contributed by atoms with Crippen LogP contribution in [0.15, 0.2) is 54.7 Å². The molecule has 0 saturated carbocycles. The first-order valence-electron chi connectivity index (χ1n) is 6.97. The standard InChI is InChI=1S/C18H13NO2/c20-18(13-5-6-17-12(11-13)8-10-21-17)15-7-9-19-16-4-2-1-3-14(15)16/h1-7,9,11H,8,10H2. The highest BCUT2D eigenvalue weighted by atomic mass is 16.5. The number of hydrogen-bond acceptors (Lipinski definition) is 3. The fourth-order valence-corrected chi connectivity index (χ4v) is 2.78. The summed E-state index contributed by atoms with van der Waals surface area (Å²) in [7, 11) is 0. The van der Waals surface area contributed by atoms with Gasteiger partial charge in [0.15, 0.2) is 5.78 Å². The Labute approximate surface area is 122 Å². The highest BCUT2D eigenvalue weighted by molar-refractivity contribution is 6.16. The first kappa shape index (κ1) is 12.1. The number of benzene rings is 2. The summed E-state index contributed by atoms with van der Waals surface area (Å²) in [5.41, 5.74) is 3.35. The molecule has 3 aromatic rings. The van der Waals surface area contributed by atoms with Gasteiger partial charge in [-0.15, -0.1) is 0 Å². The molecule has 0 fully saturated rings. The van der Waals surface area contributed by atoms with Crippen LogP contribution in [0.4, 0.5) is 0 Å². The quantitative estimate of drug-likeness (QED) is 0.673. The van der Waals surface area contributed by atoms with E-state index in [9.17, 15) is 4.79 Å². The van der Waals surface area contributed by atoms with E-state index in [2.05, 4.69) is 4.98 Å². The molecule has 4 rings (SSSR count). The number of aromatic nitrogens is 1. The third-order valence-corrected chi connectivity index (χ3v) is 3.85. The summed E-state index contributed by atoms with van der Waals surface area (Å²) in [4.78, 5) is 17.1. The Kier molecular flexibility index (Phi) is 2.71. The topological polar surface area (TPSA) is 39.2 Å². The summed E-state index contributed by atoms with van der Waals surface area (Å²) in [6.07, 6.45) is 2.56. The highest BCUT2D eigenvalue weighted by Crippen LogP contribution is 2.27. The number of nitrogens with zero attached hydrogens (tertiary/aromatic N) is 1. The summed E-state index contributed by atoms with van der Waals surface area (Å²) >= 11 is 0. The molecule has 0 amide bonds. The van der Waals surface area contributed by atoms with E-state index in [1.165, 1.54) is 0 Å². The smallest absolute Gasteiger partial charge is 0.193 e. The second-order valence-corrected chi connectivity index (χ2v) is 5.13. The number of ether oxygens (including phenoxy) is 1. The molecule has 0 atom stereocenters. The van der Waals surface area contributed by atoms with Crippen molar-refractivity contribution in [2.45, 2.75) is 6.42 Å². The molecule has 102 valence electrons. The molecule has 3 heteroatoms. The third-order valence-electron chi connectivity index (χ3n) is 3.85. The van der Waals surface area contributed by atoms with Gasteiger partial charge in [-0.3, -0.25) is 9.78 Å². The molecule has 0 bridgehead atoms. The number of carbonyl (C=O) groups is 1. The third kappa shape index (κ3) is 1.98. The molecule has 0 unspecified atom stereocenters. The molecular formula is C18H13NO2. The Morgan fingerprint density at radius 1 is 1.10 bits per heavy atom. The zero-order chi connectivity index (χ0) is 14.2. The molecule has 2 heterocycles. The normalized spacial score (nSPS) is 13.0. The van der Waals surface area contributed by atoms with Crippen LogP contribution in [-0.2, 0) is 6.42 Å². The number of hydrogen-bond donors (Lipinski definition) is 0. The number of para-hydroxylation sites is 1. The molecule has 21 heavy (non-hydrogen) atoms. The van der Waals surface area contributed by atoms with E-state index in [0.717, 1.165) is 28.6 Å². The number of pyridine rings is 1. The van der Waals surface area contributed by atoms with E-state index in [4.69, 9.17) is 4.74 Å². The van der Waals surface area contributed by atoms with Gasteiger partial charge in [-0.2, -0.15) is 0 Å². The fraction of sp³-hybridized carbons (Fsp3) is 0.111. The maximum atomic E-state index is 12.8. The van der Waals surface area contributed by atoms with Crippen molar-refractivity contribution in [1.82, 2.24) is 4.98 Å². The zero-order valence-corrected chi connectivity index (χ0v) is 11.4. The highest BCUT2D eigenvalue weighted by Gasteiger charge is 2.17. The minimum atomic E-state index is 0.0308. The Morgan fingerprint density at radius 2 is 2.00 bits per heavy atom. The molecule has 2 aromatic carbocycles. The Balaban J connectivity index is 1.83. The first-order chi connectivity index (χ1) is 10.3. The van der Waals surface area contributed by atoms with Gasteiger partial charge in [0.1, 0.15) is 5.75 Å². The van der Waals surface area contributed by atoms with E-state index >= 15 is 0 Å². The number of ketones is 1. The minimum Gasteiger partial charge on any atom is -0.493 e. The van der Waals surface area contributed by atoms with Gasteiger partial charge in [-0.05, 0) is 35.9 Å². The van der Waals surface area contributed by atoms with E-state index in [1.807, 2.05) is 42.5 Å². The van der Waals surface area contributed by atoms with Gasteiger partial charge in [-0.25, -0.2) is 0 Å². The molecule has 1 aliphatic rings. The Hall–Kier alpha value is -2.68. The van der Waals surface area contributed by atoms with E-state index in [1.54, 1.807) is 12.3 Å². The molecular weight excluding hydrogens is 262 g/mol. The molecule has 3 nitrogen and oxygen atoms in total. The molecule has 1 aliphatic heterocycles. The van der Waals surface area contributed by atoms with Crippen molar-refractivity contribution in [3.63, 3.8) is 0 Å². The van der Waals surface area contributed by atoms with Crippen LogP contribution in [0.25, 0.3) is 10.9 Å². The molecule has 0 saturated heterocycles. The fourth-order valence-electron chi connectivity index (χ4n) is 2.78. The second kappa shape index (κ2) is 4.70. The Morgan fingerprint density at radius 3 is 2.95 bits per heavy atom. The van der Waals surface area contributed by atoms with Crippen LogP contribution in [0.3, 0.4) is 0 Å². The van der Waals surface area contributed by atoms with E-state index < -0.39 is 0 Å². The average Bonchev–Trinajstić information content (AvgIpc) is 3.01. The van der Waals surface area contributed by atoms with Crippen LogP contribution < -0.4 is 4.74 Å². The van der Waals surface area contributed by atoms with Gasteiger partial charge in [0.25, 0.3) is 0 Å². The van der Waals surface area contributed by atoms with Crippen molar-refractivity contribution < 1.29 is 9.53 Å². The van der Waals surface area contributed by atoms with Crippen molar-refractivity contribution in [3.05, 3.63) is 71.4 Å². The summed E-state index contributed by atoms with van der Waals surface area (Å²) < 4.78 is 5.49. The largest absolute Gasteiger partial charge is 0.493 e. The van der Waals surface area contributed by atoms with Crippen molar-refractivity contribution in [1.29, 1.82) is 0 Å². The summed E-state index contributed by atoms with van der Waals surface area (Å²) in [5, 5.41) is 0.891. The monoisotopic (exact) mass is 275 g/mol. The van der Waals surface area contributed by atoms with Crippen LogP contribution >= 0.6 is 0 Å². The predicted octanol–water partition coefficient (Wildman–Crippen LogP) is 3.40. The van der Waals surface area contributed by atoms with Crippen molar-refractivity contribution >= 4 is 16.7 Å². The lowest BCUT2D eigenvalue weighted by Gasteiger charge is -2.06. The van der Waals surface area contributed by atoms with Gasteiger partial charge in [-0.1, -0.05) is 18.2 Å². The SMILES string of the molecule is O=C(c1ccc2c(c1)CCO2)c1ccnc2ccccc12. The minimum absolute atomic E-state index is 0.0308. The lowest BCUT2D eigenvalue weighted by atomic mass is 9.98. The van der Waals surface area contributed by atoms with Crippen molar-refractivity contribution in [3.8, 4) is 5.75 Å². The van der Waals surface area contributed by atoms with Gasteiger partial charge in [0.05, 0.1) is 12.1 Å². The lowest BCUT2D eigenvalue weighted by Crippen LogP contribution is -2.03. The van der Waals surface area contributed by atoms with E-state index in [-0.39, 0.29) is 5.78 Å². The number of fused-ring (bicyclic) bond motifs is 2. The summed E-state index contributed by atoms with van der Waals surface area (Å²) in [6.45, 7) is 0.700. The maximum Gasteiger partial charge on any atom is 0.193 e. The zero-order valence-electron chi connectivity index (χ0n) is 11.4. The predicted molar refractivity (Wildman–Crippen MR) is 80.8 cm³/mol. The average molecular weight is 275 g/mol. The molecule has 0 spiro atoms. The summed E-state index contributed by atoms with van der Waals surface area (Å²) in [5.74, 6) is 0.925. The number of carbonyl (C=O) groups excluding carboxylic acids is 1. The van der Waals surface area contributed by atoms with Gasteiger partial charge in [0.2, 0.25) is 0 Å². The molecule has 1 aromatic heterocycles. The van der Waals surface area contributed by atoms with Gasteiger partial charge in [0, 0.05) is 29.1 Å². The van der Waals surface area contributed by atoms with Crippen LogP contribution in [0.5, 0.6) is 5.75 Å². The second-order valence-electron chi connectivity index (χ2n) is 5.13. The lowest BCUT2D eigenvalue weighted by molar-refractivity contribution is 0.104. The van der Waals surface area contributed by atoms with Crippen molar-refractivity contribution in [2.75, 3.05) is 6.61 Å². The first-order valence-corrected chi connectivity index (χ1v) is 6.97.